The predicted molar refractivity (Wildman–Crippen MR) is 293 cm³/mol. The summed E-state index contributed by atoms with van der Waals surface area (Å²) in [6, 6.07) is -2.05. The third-order valence-electron chi connectivity index (χ3n) is 15.9. The van der Waals surface area contributed by atoms with Gasteiger partial charge in [-0.05, 0) is 0 Å². The number of rotatable bonds is 33. The summed E-state index contributed by atoms with van der Waals surface area (Å²) >= 11 is 0. The molecule has 560 valence electrons. The third kappa shape index (κ3) is 19.1. The van der Waals surface area contributed by atoms with Gasteiger partial charge in [-0.15, -0.1) is 0 Å². The first-order chi connectivity index (χ1) is 44.9. The van der Waals surface area contributed by atoms with E-state index in [1.54, 1.807) is 0 Å². The highest BCUT2D eigenvalue weighted by molar-refractivity contribution is 7.47. The molecule has 0 aliphatic carbocycles. The van der Waals surface area contributed by atoms with E-state index in [0.29, 0.717) is 0 Å². The van der Waals surface area contributed by atoms with E-state index in [1.807, 2.05) is 0 Å². The van der Waals surface area contributed by atoms with E-state index in [9.17, 15) is 141 Å². The lowest BCUT2D eigenvalue weighted by Crippen LogP contribution is -2.71. The lowest BCUT2D eigenvalue weighted by molar-refractivity contribution is -0.417. The van der Waals surface area contributed by atoms with Crippen molar-refractivity contribution in [2.75, 3.05) is 65.9 Å². The van der Waals surface area contributed by atoms with Gasteiger partial charge < -0.3 is 186 Å². The van der Waals surface area contributed by atoms with Crippen LogP contribution in [-0.2, 0) is 93.7 Å². The molecule has 0 aromatic heterocycles. The fourth-order valence-electron chi connectivity index (χ4n) is 11.1. The number of carbonyl (C=O) groups excluding carboxylic acids is 1. The van der Waals surface area contributed by atoms with Gasteiger partial charge in [-0.2, -0.15) is 0 Å². The zero-order chi connectivity index (χ0) is 71.9. The summed E-state index contributed by atoms with van der Waals surface area (Å²) in [7, 11) is -11.0. The summed E-state index contributed by atoms with van der Waals surface area (Å²) in [4.78, 5) is 60.4. The van der Waals surface area contributed by atoms with E-state index < -0.39 is 301 Å². The summed E-state index contributed by atoms with van der Waals surface area (Å²) in [6.07, 6.45) is -75.1. The van der Waals surface area contributed by atoms with Crippen molar-refractivity contribution in [1.82, 2.24) is 5.32 Å². The number of aliphatic hydroxyl groups excluding tert-OH is 18. The molecule has 0 aromatic carbocycles. The Kier molecular flexibility index (Phi) is 30.0. The molecule has 2 unspecified atom stereocenters. The fraction of sp³-hybridized carbons (Fsp3) is 0.938. The van der Waals surface area contributed by atoms with E-state index in [0.717, 1.165) is 6.92 Å². The molecule has 6 saturated heterocycles. The van der Waals surface area contributed by atoms with E-state index in [-0.39, 0.29) is 6.54 Å². The number of phosphoric acid groups is 2. The van der Waals surface area contributed by atoms with Gasteiger partial charge >= 0.3 is 27.6 Å². The van der Waals surface area contributed by atoms with E-state index in [1.165, 1.54) is 0 Å². The standard InChI is InChI=1S/C48H85N3O43P2/c1-14(57)51-23-27(66)25(64)21(11-55)83-41(23)90-40-38(94-96(78,79)81-5-3-50)30(69)32(19(62)13-82-95(76,77)80-4-2-49)85-44(40)88-37-31(70)43(86-34(17(60)9-53)39(37)89-42-29(68)28(67)26(65)22(12-56)84-42)87-36-20(7-47(75,45(71)72)92-35(36)18(61)10-54)91-48(46(73)74)6-15(58)24(63)33(93-48)16(59)8-52/h15-44,52-56,58-70,75H,2-13,49-50H2,1H3,(H,51,57)(H,71,72)(H,73,74)(H,76,77)(H,78,79)/t15-,16-,17+,18-,19+,20-,21-,22-,23-,24-,25-,26-,27-,28+,29-,30-,31+,32-,33-,34-,35-,36-,37-,38+,39-,40+,41-,42+,43-,44-,47-,48-/m1/s1. The second-order valence-electron chi connectivity index (χ2n) is 22.8. The molecule has 0 radical (unpaired) electrons. The Bertz CT molecular complexity index is 2580. The van der Waals surface area contributed by atoms with Crippen molar-refractivity contribution in [3.63, 3.8) is 0 Å². The number of carboxylic acid groups (broad SMARTS) is 2. The van der Waals surface area contributed by atoms with Gasteiger partial charge in [0.05, 0.1) is 65.1 Å². The van der Waals surface area contributed by atoms with E-state index >= 15 is 0 Å². The molecule has 6 aliphatic rings. The van der Waals surface area contributed by atoms with Gasteiger partial charge in [0, 0.05) is 32.9 Å². The van der Waals surface area contributed by atoms with Crippen molar-refractivity contribution in [2.24, 2.45) is 11.5 Å². The molecule has 6 rings (SSSR count). The zero-order valence-electron chi connectivity index (χ0n) is 50.3. The molecule has 28 N–H and O–H groups in total. The lowest BCUT2D eigenvalue weighted by Gasteiger charge is -2.53. The summed E-state index contributed by atoms with van der Waals surface area (Å²) in [5, 5.41) is 233. The summed E-state index contributed by atoms with van der Waals surface area (Å²) in [5.41, 5.74) is 10.9. The van der Waals surface area contributed by atoms with E-state index in [4.69, 9.17) is 77.1 Å². The molecule has 0 saturated carbocycles. The van der Waals surface area contributed by atoms with Crippen LogP contribution in [0.4, 0.5) is 0 Å². The van der Waals surface area contributed by atoms with Gasteiger partial charge in [0.15, 0.2) is 25.2 Å². The Balaban J connectivity index is 1.61. The van der Waals surface area contributed by atoms with Crippen LogP contribution in [0.15, 0.2) is 0 Å². The molecular weight excluding hydrogens is 1370 g/mol. The number of hydrogen-bond donors (Lipinski definition) is 26. The van der Waals surface area contributed by atoms with Crippen LogP contribution in [0, 0.1) is 0 Å². The zero-order valence-corrected chi connectivity index (χ0v) is 52.1. The van der Waals surface area contributed by atoms with Crippen LogP contribution in [0.25, 0.3) is 0 Å². The largest absolute Gasteiger partial charge is 0.477 e. The Morgan fingerprint density at radius 3 is 1.59 bits per heavy atom. The highest BCUT2D eigenvalue weighted by atomic mass is 31.2. The maximum Gasteiger partial charge on any atom is 0.472 e. The number of nitrogens with one attached hydrogen (secondary N) is 1. The lowest BCUT2D eigenvalue weighted by atomic mass is 9.89. The van der Waals surface area contributed by atoms with Gasteiger partial charge in [0.1, 0.15) is 146 Å². The van der Waals surface area contributed by atoms with Crippen molar-refractivity contribution in [3.8, 4) is 0 Å². The SMILES string of the molecule is CC(=O)N[C@H]1[C@@H](O[C@@H]2[C@@H](O[C@@H]3[C@H](O)[C@@H](O[C@H]4[C@@H]([C@H](O)CO)O[C@@](O)(C(=O)O)C[C@H]4O[C@]4(C(=O)O)C[C@@H](O)[C@@H](O)[C@@H]([C@H](O)CO)O4)O[C@H]([C@@H](O)CO)[C@H]3O[C@@H]3O[C@H](CO)[C@@H](O)[C@H](O)[C@H]3O)O[C@H]([C@@H](O)COP(=O)(O)OCCN)[C@@H](O)[C@@H]2OP(=O)(O)OCCN)O[C@H](CO)[C@@H](O)[C@@H]1O. The molecular formula is C48H85N3O43P2. The molecule has 0 aromatic rings. The quantitative estimate of drug-likeness (QED) is 0.0271. The van der Waals surface area contributed by atoms with Crippen LogP contribution in [0.5, 0.6) is 0 Å². The topological polar surface area (TPSA) is 753 Å². The maximum absolute atomic E-state index is 13.9. The number of aliphatic carboxylic acids is 2. The Hall–Kier alpha value is -2.65. The Morgan fingerprint density at radius 1 is 0.531 bits per heavy atom. The number of phosphoric ester groups is 2. The number of hydrogen-bond acceptors (Lipinski definition) is 41. The molecule has 1 amide bonds. The molecule has 0 spiro atoms. The minimum Gasteiger partial charge on any atom is -0.477 e. The van der Waals surface area contributed by atoms with Crippen LogP contribution in [-0.4, -0.2) is 396 Å². The Labute approximate surface area is 541 Å². The van der Waals surface area contributed by atoms with Gasteiger partial charge in [-0.1, -0.05) is 0 Å². The summed E-state index contributed by atoms with van der Waals surface area (Å²) < 4.78 is 111. The third-order valence-corrected chi connectivity index (χ3v) is 17.9. The van der Waals surface area contributed by atoms with Crippen molar-refractivity contribution < 1.29 is 211 Å². The molecule has 96 heavy (non-hydrogen) atoms. The second-order valence-corrected chi connectivity index (χ2v) is 25.6. The van der Waals surface area contributed by atoms with Crippen molar-refractivity contribution in [3.05, 3.63) is 0 Å². The molecule has 6 fully saturated rings. The van der Waals surface area contributed by atoms with Gasteiger partial charge in [0.2, 0.25) is 5.91 Å². The van der Waals surface area contributed by atoms with Crippen LogP contribution in [0.1, 0.15) is 19.8 Å². The maximum atomic E-state index is 13.9. The van der Waals surface area contributed by atoms with Gasteiger partial charge in [-0.3, -0.25) is 22.9 Å². The Morgan fingerprint density at radius 2 is 1.04 bits per heavy atom. The normalized spacial score (nSPS) is 43.4. The smallest absolute Gasteiger partial charge is 0.472 e. The van der Waals surface area contributed by atoms with Crippen LogP contribution >= 0.6 is 15.6 Å². The molecule has 6 heterocycles. The molecule has 46 nitrogen and oxygen atoms in total. The van der Waals surface area contributed by atoms with Crippen molar-refractivity contribution in [2.45, 2.75) is 215 Å². The van der Waals surface area contributed by atoms with Gasteiger partial charge in [0.25, 0.3) is 11.6 Å². The minimum absolute atomic E-state index is 0.380. The van der Waals surface area contributed by atoms with Gasteiger partial charge in [-0.25, -0.2) is 18.7 Å². The molecule has 48 heteroatoms. The number of amides is 1. The number of carbonyl (C=O) groups is 3. The fourth-order valence-corrected chi connectivity index (χ4v) is 12.8. The number of aliphatic hydroxyl groups is 19. The molecule has 34 atom stereocenters. The number of carboxylic acids is 2. The molecule has 6 aliphatic heterocycles. The summed E-state index contributed by atoms with van der Waals surface area (Å²) in [5.74, 6) is -12.8. The van der Waals surface area contributed by atoms with E-state index in [2.05, 4.69) is 9.84 Å². The first-order valence-electron chi connectivity index (χ1n) is 29.2. The minimum atomic E-state index is -5.77. The van der Waals surface area contributed by atoms with Crippen molar-refractivity contribution in [1.29, 1.82) is 0 Å². The average Bonchev–Trinajstić information content (AvgIpc) is 0.754. The predicted octanol–water partition coefficient (Wildman–Crippen LogP) is -15.3. The average molecular weight is 1450 g/mol. The number of nitrogens with two attached hydrogens (primary N) is 2. The highest BCUT2D eigenvalue weighted by Gasteiger charge is 2.64. The van der Waals surface area contributed by atoms with Crippen LogP contribution < -0.4 is 16.8 Å². The summed E-state index contributed by atoms with van der Waals surface area (Å²) in [6.45, 7) is -9.68. The first-order valence-corrected chi connectivity index (χ1v) is 32.2. The van der Waals surface area contributed by atoms with Crippen LogP contribution in [0.3, 0.4) is 0 Å². The first kappa shape index (κ1) is 82.3. The number of ether oxygens (including phenoxy) is 11. The molecule has 0 bridgehead atoms. The van der Waals surface area contributed by atoms with Crippen molar-refractivity contribution >= 4 is 33.5 Å². The monoisotopic (exact) mass is 1450 g/mol. The highest BCUT2D eigenvalue weighted by Crippen LogP contribution is 2.50. The second kappa shape index (κ2) is 35.0. The van der Waals surface area contributed by atoms with Crippen LogP contribution in [0.2, 0.25) is 0 Å².